The number of nitrogens with zero attached hydrogens (tertiary/aromatic N) is 1. The largest absolute Gasteiger partial charge is 0.496 e. The van der Waals surface area contributed by atoms with E-state index in [4.69, 9.17) is 14.2 Å². The molecule has 2 aromatic rings. The van der Waals surface area contributed by atoms with Gasteiger partial charge in [0.15, 0.2) is 5.96 Å². The van der Waals surface area contributed by atoms with Crippen molar-refractivity contribution in [2.45, 2.75) is 20.0 Å². The summed E-state index contributed by atoms with van der Waals surface area (Å²) in [5.74, 6) is 2.37. The first kappa shape index (κ1) is 20.4. The molecular formula is C20H26FN3O3. The number of rotatable bonds is 7. The average Bonchev–Trinajstić information content (AvgIpc) is 2.70. The molecule has 0 aliphatic rings. The van der Waals surface area contributed by atoms with Gasteiger partial charge in [0.05, 0.1) is 33.4 Å². The lowest BCUT2D eigenvalue weighted by Crippen LogP contribution is -2.36. The van der Waals surface area contributed by atoms with Crippen LogP contribution in [0.15, 0.2) is 35.3 Å². The number of aryl methyl sites for hydroxylation is 1. The monoisotopic (exact) mass is 375 g/mol. The van der Waals surface area contributed by atoms with Crippen molar-refractivity contribution in [3.05, 3.63) is 52.8 Å². The number of aliphatic imine (C=N–C) groups is 1. The van der Waals surface area contributed by atoms with Crippen LogP contribution in [0.25, 0.3) is 0 Å². The Morgan fingerprint density at radius 2 is 1.59 bits per heavy atom. The van der Waals surface area contributed by atoms with Gasteiger partial charge in [-0.1, -0.05) is 12.1 Å². The number of hydrogen-bond acceptors (Lipinski definition) is 4. The molecule has 0 aliphatic carbocycles. The molecule has 0 fully saturated rings. The van der Waals surface area contributed by atoms with E-state index in [0.29, 0.717) is 41.9 Å². The van der Waals surface area contributed by atoms with Gasteiger partial charge in [0.1, 0.15) is 23.1 Å². The first-order valence-electron chi connectivity index (χ1n) is 8.50. The lowest BCUT2D eigenvalue weighted by Gasteiger charge is -2.17. The molecule has 2 N–H and O–H groups in total. The molecule has 0 bridgehead atoms. The van der Waals surface area contributed by atoms with Crippen LogP contribution in [0.5, 0.6) is 17.2 Å². The SMILES string of the molecule is CN=C(NCc1ccc(F)c(C)c1)NCc1c(OC)cc(OC)cc1OC. The molecule has 0 radical (unpaired) electrons. The minimum atomic E-state index is -0.208. The van der Waals surface area contributed by atoms with Gasteiger partial charge in [0, 0.05) is 25.7 Å². The number of guanidine groups is 1. The van der Waals surface area contributed by atoms with Crippen LogP contribution in [0.4, 0.5) is 4.39 Å². The Labute approximate surface area is 159 Å². The summed E-state index contributed by atoms with van der Waals surface area (Å²) in [5, 5.41) is 6.44. The summed E-state index contributed by atoms with van der Waals surface area (Å²) < 4.78 is 29.6. The van der Waals surface area contributed by atoms with Crippen molar-refractivity contribution in [2.24, 2.45) is 4.99 Å². The predicted molar refractivity (Wildman–Crippen MR) is 104 cm³/mol. The number of hydrogen-bond donors (Lipinski definition) is 2. The fraction of sp³-hybridized carbons (Fsp3) is 0.350. The third kappa shape index (κ3) is 5.26. The van der Waals surface area contributed by atoms with Crippen molar-refractivity contribution in [2.75, 3.05) is 28.4 Å². The van der Waals surface area contributed by atoms with Crippen molar-refractivity contribution in [3.8, 4) is 17.2 Å². The van der Waals surface area contributed by atoms with Gasteiger partial charge in [-0.3, -0.25) is 4.99 Å². The quantitative estimate of drug-likeness (QED) is 0.575. The molecule has 0 saturated carbocycles. The van der Waals surface area contributed by atoms with Crippen LogP contribution >= 0.6 is 0 Å². The van der Waals surface area contributed by atoms with E-state index in [1.807, 2.05) is 6.07 Å². The highest BCUT2D eigenvalue weighted by Crippen LogP contribution is 2.33. The van der Waals surface area contributed by atoms with E-state index in [-0.39, 0.29) is 5.82 Å². The van der Waals surface area contributed by atoms with Crippen LogP contribution in [0, 0.1) is 12.7 Å². The van der Waals surface area contributed by atoms with Gasteiger partial charge < -0.3 is 24.8 Å². The van der Waals surface area contributed by atoms with Gasteiger partial charge in [-0.15, -0.1) is 0 Å². The molecule has 2 rings (SSSR count). The van der Waals surface area contributed by atoms with Crippen LogP contribution in [0.1, 0.15) is 16.7 Å². The van der Waals surface area contributed by atoms with Crippen LogP contribution in [-0.2, 0) is 13.1 Å². The molecule has 0 saturated heterocycles. The molecule has 0 aliphatic heterocycles. The Bertz CT molecular complexity index is 784. The Balaban J connectivity index is 2.06. The molecular weight excluding hydrogens is 349 g/mol. The van der Waals surface area contributed by atoms with Crippen molar-refractivity contribution in [1.82, 2.24) is 10.6 Å². The first-order chi connectivity index (χ1) is 13.0. The number of methoxy groups -OCH3 is 3. The molecule has 0 amide bonds. The highest BCUT2D eigenvalue weighted by molar-refractivity contribution is 5.79. The Hall–Kier alpha value is -2.96. The Kier molecular flexibility index (Phi) is 7.28. The number of ether oxygens (including phenoxy) is 3. The molecule has 0 unspecified atom stereocenters. The van der Waals surface area contributed by atoms with Crippen LogP contribution in [0.3, 0.4) is 0 Å². The van der Waals surface area contributed by atoms with E-state index < -0.39 is 0 Å². The van der Waals surface area contributed by atoms with Crippen molar-refractivity contribution < 1.29 is 18.6 Å². The minimum absolute atomic E-state index is 0.208. The lowest BCUT2D eigenvalue weighted by molar-refractivity contribution is 0.368. The van der Waals surface area contributed by atoms with Crippen molar-refractivity contribution in [1.29, 1.82) is 0 Å². The molecule has 2 aromatic carbocycles. The summed E-state index contributed by atoms with van der Waals surface area (Å²) in [6, 6.07) is 8.63. The summed E-state index contributed by atoms with van der Waals surface area (Å²) in [4.78, 5) is 4.22. The van der Waals surface area contributed by atoms with Gasteiger partial charge in [-0.2, -0.15) is 0 Å². The molecule has 0 spiro atoms. The summed E-state index contributed by atoms with van der Waals surface area (Å²) in [7, 11) is 6.48. The molecule has 6 nitrogen and oxygen atoms in total. The zero-order valence-corrected chi connectivity index (χ0v) is 16.4. The molecule has 0 atom stereocenters. The highest BCUT2D eigenvalue weighted by atomic mass is 19.1. The van der Waals surface area contributed by atoms with Gasteiger partial charge in [0.2, 0.25) is 0 Å². The fourth-order valence-electron chi connectivity index (χ4n) is 2.65. The van der Waals surface area contributed by atoms with E-state index in [1.54, 1.807) is 53.5 Å². The summed E-state index contributed by atoms with van der Waals surface area (Å²) in [6.07, 6.45) is 0. The van der Waals surface area contributed by atoms with Crippen molar-refractivity contribution in [3.63, 3.8) is 0 Å². The zero-order chi connectivity index (χ0) is 19.8. The maximum absolute atomic E-state index is 13.4. The van der Waals surface area contributed by atoms with Gasteiger partial charge >= 0.3 is 0 Å². The van der Waals surface area contributed by atoms with E-state index in [1.165, 1.54) is 6.07 Å². The first-order valence-corrected chi connectivity index (χ1v) is 8.50. The number of nitrogens with one attached hydrogen (secondary N) is 2. The number of benzene rings is 2. The van der Waals surface area contributed by atoms with Crippen LogP contribution < -0.4 is 24.8 Å². The summed E-state index contributed by atoms with van der Waals surface area (Å²) in [5.41, 5.74) is 2.43. The normalized spacial score (nSPS) is 11.1. The minimum Gasteiger partial charge on any atom is -0.496 e. The summed E-state index contributed by atoms with van der Waals surface area (Å²) >= 11 is 0. The highest BCUT2D eigenvalue weighted by Gasteiger charge is 2.13. The van der Waals surface area contributed by atoms with E-state index >= 15 is 0 Å². The maximum atomic E-state index is 13.4. The lowest BCUT2D eigenvalue weighted by atomic mass is 10.1. The second kappa shape index (κ2) is 9.66. The Morgan fingerprint density at radius 1 is 0.963 bits per heavy atom. The zero-order valence-electron chi connectivity index (χ0n) is 16.4. The van der Waals surface area contributed by atoms with Gasteiger partial charge in [-0.25, -0.2) is 4.39 Å². The smallest absolute Gasteiger partial charge is 0.191 e. The summed E-state index contributed by atoms with van der Waals surface area (Å²) in [6.45, 7) is 2.71. The third-order valence-corrected chi connectivity index (χ3v) is 4.16. The second-order valence-electron chi connectivity index (χ2n) is 5.87. The molecule has 27 heavy (non-hydrogen) atoms. The predicted octanol–water partition coefficient (Wildman–Crippen LogP) is 3.03. The van der Waals surface area contributed by atoms with Crippen LogP contribution in [-0.4, -0.2) is 34.3 Å². The standard InChI is InChI=1S/C20H26FN3O3/c1-13-8-14(6-7-17(13)21)11-23-20(22-2)24-12-16-18(26-4)9-15(25-3)10-19(16)27-5/h6-10H,11-12H2,1-5H3,(H2,22,23,24). The Morgan fingerprint density at radius 3 is 2.11 bits per heavy atom. The fourth-order valence-corrected chi connectivity index (χ4v) is 2.65. The second-order valence-corrected chi connectivity index (χ2v) is 5.87. The number of halogens is 1. The molecule has 0 aromatic heterocycles. The van der Waals surface area contributed by atoms with E-state index in [9.17, 15) is 4.39 Å². The van der Waals surface area contributed by atoms with Gasteiger partial charge in [0.25, 0.3) is 0 Å². The van der Waals surface area contributed by atoms with Crippen molar-refractivity contribution >= 4 is 5.96 Å². The molecule has 146 valence electrons. The molecule has 0 heterocycles. The molecule has 7 heteroatoms. The van der Waals surface area contributed by atoms with Gasteiger partial charge in [-0.05, 0) is 24.1 Å². The maximum Gasteiger partial charge on any atom is 0.191 e. The topological polar surface area (TPSA) is 64.1 Å². The van der Waals surface area contributed by atoms with Crippen LogP contribution in [0.2, 0.25) is 0 Å². The van der Waals surface area contributed by atoms with E-state index in [2.05, 4.69) is 15.6 Å². The van der Waals surface area contributed by atoms with E-state index in [0.717, 1.165) is 11.1 Å². The average molecular weight is 375 g/mol. The third-order valence-electron chi connectivity index (χ3n) is 4.16.